The second-order valence-corrected chi connectivity index (χ2v) is 6.26. The van der Waals surface area contributed by atoms with Gasteiger partial charge in [-0.15, -0.1) is 0 Å². The number of anilines is 1. The molecule has 1 atom stereocenters. The molecule has 1 amide bonds. The Kier molecular flexibility index (Phi) is 4.57. The van der Waals surface area contributed by atoms with Crippen LogP contribution >= 0.6 is 0 Å². The quantitative estimate of drug-likeness (QED) is 0.746. The zero-order valence-electron chi connectivity index (χ0n) is 14.2. The van der Waals surface area contributed by atoms with Gasteiger partial charge in [0, 0.05) is 35.4 Å². The van der Waals surface area contributed by atoms with Crippen LogP contribution in [0, 0.1) is 5.92 Å². The lowest BCUT2D eigenvalue weighted by Crippen LogP contribution is -2.13. The van der Waals surface area contributed by atoms with Crippen LogP contribution in [0.1, 0.15) is 22.8 Å². The topological polar surface area (TPSA) is 71.3 Å². The van der Waals surface area contributed by atoms with E-state index >= 15 is 0 Å². The monoisotopic (exact) mass is 336 g/mol. The van der Waals surface area contributed by atoms with E-state index in [1.165, 1.54) is 0 Å². The van der Waals surface area contributed by atoms with Gasteiger partial charge in [0.1, 0.15) is 0 Å². The standard InChI is InChI=1S/C20H20N2O3/c1-13(20(24)25)12-14-6-8-15(9-7-14)21-19(23)17-4-3-5-18-16(17)10-11-22(18)2/h3-11,13H,12H2,1-2H3,(H,21,23)(H,24,25). The number of carboxylic acids is 1. The summed E-state index contributed by atoms with van der Waals surface area (Å²) in [5, 5.41) is 12.8. The molecule has 1 aromatic heterocycles. The van der Waals surface area contributed by atoms with Crippen molar-refractivity contribution in [3.8, 4) is 0 Å². The Labute approximate surface area is 145 Å². The lowest BCUT2D eigenvalue weighted by atomic mass is 10.0. The van der Waals surface area contributed by atoms with E-state index in [0.717, 1.165) is 16.5 Å². The second kappa shape index (κ2) is 6.81. The molecule has 3 rings (SSSR count). The SMILES string of the molecule is CC(Cc1ccc(NC(=O)c2cccc3c2ccn3C)cc1)C(=O)O. The van der Waals surface area contributed by atoms with Crippen molar-refractivity contribution in [1.29, 1.82) is 0 Å². The van der Waals surface area contributed by atoms with Crippen LogP contribution in [0.5, 0.6) is 0 Å². The Hall–Kier alpha value is -3.08. The highest BCUT2D eigenvalue weighted by molar-refractivity contribution is 6.12. The number of carbonyl (C=O) groups excluding carboxylic acids is 1. The Morgan fingerprint density at radius 1 is 1.12 bits per heavy atom. The van der Waals surface area contributed by atoms with Crippen molar-refractivity contribution in [3.05, 3.63) is 65.9 Å². The molecule has 5 nitrogen and oxygen atoms in total. The molecule has 2 N–H and O–H groups in total. The number of aryl methyl sites for hydroxylation is 1. The van der Waals surface area contributed by atoms with Gasteiger partial charge in [0.2, 0.25) is 0 Å². The minimum Gasteiger partial charge on any atom is -0.481 e. The van der Waals surface area contributed by atoms with E-state index in [2.05, 4.69) is 5.32 Å². The van der Waals surface area contributed by atoms with Crippen LogP contribution in [0.3, 0.4) is 0 Å². The fraction of sp³-hybridized carbons (Fsp3) is 0.200. The predicted molar refractivity (Wildman–Crippen MR) is 97.8 cm³/mol. The molecule has 0 fully saturated rings. The molecule has 0 saturated heterocycles. The minimum absolute atomic E-state index is 0.163. The molecule has 128 valence electrons. The lowest BCUT2D eigenvalue weighted by Gasteiger charge is -2.09. The zero-order valence-corrected chi connectivity index (χ0v) is 14.2. The molecule has 0 radical (unpaired) electrons. The number of rotatable bonds is 5. The predicted octanol–water partition coefficient (Wildman–Crippen LogP) is 3.69. The molecule has 1 heterocycles. The molecule has 0 saturated carbocycles. The van der Waals surface area contributed by atoms with Gasteiger partial charge < -0.3 is 15.0 Å². The van der Waals surface area contributed by atoms with Crippen molar-refractivity contribution >= 4 is 28.5 Å². The van der Waals surface area contributed by atoms with Crippen molar-refractivity contribution in [2.45, 2.75) is 13.3 Å². The molecule has 3 aromatic rings. The van der Waals surface area contributed by atoms with Gasteiger partial charge in [-0.3, -0.25) is 9.59 Å². The molecule has 0 aliphatic rings. The number of amides is 1. The number of hydrogen-bond donors (Lipinski definition) is 2. The molecule has 1 unspecified atom stereocenters. The number of fused-ring (bicyclic) bond motifs is 1. The number of nitrogens with zero attached hydrogens (tertiary/aromatic N) is 1. The van der Waals surface area contributed by atoms with Gasteiger partial charge in [-0.05, 0) is 42.3 Å². The minimum atomic E-state index is -0.812. The lowest BCUT2D eigenvalue weighted by molar-refractivity contribution is -0.141. The van der Waals surface area contributed by atoms with Crippen LogP contribution in [-0.4, -0.2) is 21.6 Å². The highest BCUT2D eigenvalue weighted by atomic mass is 16.4. The third-order valence-corrected chi connectivity index (χ3v) is 4.35. The summed E-state index contributed by atoms with van der Waals surface area (Å²) in [4.78, 5) is 23.5. The number of benzene rings is 2. The van der Waals surface area contributed by atoms with Crippen molar-refractivity contribution in [2.75, 3.05) is 5.32 Å². The molecule has 0 aliphatic heterocycles. The van der Waals surface area contributed by atoms with Crippen LogP contribution in [0.2, 0.25) is 0 Å². The van der Waals surface area contributed by atoms with Crippen molar-refractivity contribution in [1.82, 2.24) is 4.57 Å². The van der Waals surface area contributed by atoms with E-state index in [1.54, 1.807) is 25.1 Å². The van der Waals surface area contributed by atoms with Gasteiger partial charge in [0.05, 0.1) is 5.92 Å². The normalized spacial score (nSPS) is 12.1. The first kappa shape index (κ1) is 16.8. The van der Waals surface area contributed by atoms with Gasteiger partial charge in [-0.2, -0.15) is 0 Å². The summed E-state index contributed by atoms with van der Waals surface area (Å²) in [6, 6.07) is 14.9. The van der Waals surface area contributed by atoms with Crippen LogP contribution in [0.15, 0.2) is 54.7 Å². The van der Waals surface area contributed by atoms with E-state index in [-0.39, 0.29) is 5.91 Å². The van der Waals surface area contributed by atoms with Crippen LogP contribution in [0.25, 0.3) is 10.9 Å². The van der Waals surface area contributed by atoms with Crippen molar-refractivity contribution in [2.24, 2.45) is 13.0 Å². The molecule has 25 heavy (non-hydrogen) atoms. The molecular formula is C20H20N2O3. The molecule has 0 bridgehead atoms. The third kappa shape index (κ3) is 3.55. The summed E-state index contributed by atoms with van der Waals surface area (Å²) in [7, 11) is 1.95. The maximum Gasteiger partial charge on any atom is 0.306 e. The van der Waals surface area contributed by atoms with Gasteiger partial charge >= 0.3 is 5.97 Å². The fourth-order valence-corrected chi connectivity index (χ4v) is 2.86. The highest BCUT2D eigenvalue weighted by Crippen LogP contribution is 2.21. The Bertz CT molecular complexity index is 926. The summed E-state index contributed by atoms with van der Waals surface area (Å²) in [6.45, 7) is 1.68. The molecular weight excluding hydrogens is 316 g/mol. The van der Waals surface area contributed by atoms with Gasteiger partial charge in [0.25, 0.3) is 5.91 Å². The number of aromatic nitrogens is 1. The first-order valence-corrected chi connectivity index (χ1v) is 8.13. The van der Waals surface area contributed by atoms with Gasteiger partial charge in [-0.1, -0.05) is 25.1 Å². The first-order valence-electron chi connectivity index (χ1n) is 8.13. The Balaban J connectivity index is 1.75. The largest absolute Gasteiger partial charge is 0.481 e. The average molecular weight is 336 g/mol. The van der Waals surface area contributed by atoms with Crippen molar-refractivity contribution in [3.63, 3.8) is 0 Å². The molecule has 0 aliphatic carbocycles. The van der Waals surface area contributed by atoms with Gasteiger partial charge in [-0.25, -0.2) is 0 Å². The zero-order chi connectivity index (χ0) is 18.0. The number of hydrogen-bond acceptors (Lipinski definition) is 2. The highest BCUT2D eigenvalue weighted by Gasteiger charge is 2.13. The van der Waals surface area contributed by atoms with E-state index < -0.39 is 11.9 Å². The summed E-state index contributed by atoms with van der Waals surface area (Å²) in [5.41, 5.74) is 3.25. The summed E-state index contributed by atoms with van der Waals surface area (Å²) in [6.07, 6.45) is 2.40. The van der Waals surface area contributed by atoms with Crippen LogP contribution in [0.4, 0.5) is 5.69 Å². The average Bonchev–Trinajstić information content (AvgIpc) is 2.98. The van der Waals surface area contributed by atoms with Crippen molar-refractivity contribution < 1.29 is 14.7 Å². The molecule has 2 aromatic carbocycles. The summed E-state index contributed by atoms with van der Waals surface area (Å²) >= 11 is 0. The third-order valence-electron chi connectivity index (χ3n) is 4.35. The Morgan fingerprint density at radius 3 is 2.52 bits per heavy atom. The fourth-order valence-electron chi connectivity index (χ4n) is 2.86. The Morgan fingerprint density at radius 2 is 1.84 bits per heavy atom. The van der Waals surface area contributed by atoms with E-state index in [1.807, 2.05) is 48.1 Å². The van der Waals surface area contributed by atoms with Crippen LogP contribution < -0.4 is 5.32 Å². The van der Waals surface area contributed by atoms with E-state index in [4.69, 9.17) is 5.11 Å². The van der Waals surface area contributed by atoms with E-state index in [0.29, 0.717) is 17.7 Å². The van der Waals surface area contributed by atoms with E-state index in [9.17, 15) is 9.59 Å². The number of carboxylic acid groups (broad SMARTS) is 1. The summed E-state index contributed by atoms with van der Waals surface area (Å²) < 4.78 is 1.98. The molecule has 5 heteroatoms. The van der Waals surface area contributed by atoms with Crippen LogP contribution in [-0.2, 0) is 18.3 Å². The number of carbonyl (C=O) groups is 2. The van der Waals surface area contributed by atoms with Gasteiger partial charge in [0.15, 0.2) is 0 Å². The number of aliphatic carboxylic acids is 1. The summed E-state index contributed by atoms with van der Waals surface area (Å²) in [5.74, 6) is -1.41. The smallest absolute Gasteiger partial charge is 0.306 e. The molecule has 0 spiro atoms. The second-order valence-electron chi connectivity index (χ2n) is 6.26. The maximum atomic E-state index is 12.6. The first-order chi connectivity index (χ1) is 12.0. The maximum absolute atomic E-state index is 12.6. The number of nitrogens with one attached hydrogen (secondary N) is 1.